The maximum absolute atomic E-state index is 11.3. The third-order valence-electron chi connectivity index (χ3n) is 3.09. The van der Waals surface area contributed by atoms with Gasteiger partial charge in [-0.1, -0.05) is 12.1 Å². The molecule has 20 heavy (non-hydrogen) atoms. The summed E-state index contributed by atoms with van der Waals surface area (Å²) in [6, 6.07) is 7.65. The third-order valence-corrected chi connectivity index (χ3v) is 8.28. The molecular formula is C12H19IO5SSi. The molecule has 0 spiro atoms. The van der Waals surface area contributed by atoms with Crippen LogP contribution in [0.15, 0.2) is 29.2 Å². The van der Waals surface area contributed by atoms with Gasteiger partial charge in [0, 0.05) is 27.4 Å². The Labute approximate surface area is 133 Å². The minimum absolute atomic E-state index is 0.330. The van der Waals surface area contributed by atoms with Gasteiger partial charge in [0.15, 0.2) is 0 Å². The van der Waals surface area contributed by atoms with Crippen LogP contribution in [0.25, 0.3) is 0 Å². The second kappa shape index (κ2) is 7.85. The molecule has 0 radical (unpaired) electrons. The van der Waals surface area contributed by atoms with Gasteiger partial charge in [-0.05, 0) is 30.5 Å². The van der Waals surface area contributed by atoms with Crippen molar-refractivity contribution < 1.29 is 21.7 Å². The summed E-state index contributed by atoms with van der Waals surface area (Å²) >= 11 is 1.44. The van der Waals surface area contributed by atoms with E-state index in [1.165, 1.54) is 21.2 Å². The number of aryl methyl sites for hydroxylation is 1. The predicted molar refractivity (Wildman–Crippen MR) is 87.6 cm³/mol. The fourth-order valence-corrected chi connectivity index (χ4v) is 4.95. The molecule has 0 aliphatic rings. The minimum atomic E-state index is -3.16. The molecule has 0 fully saturated rings. The van der Waals surface area contributed by atoms with E-state index in [1.807, 2.05) is 12.1 Å². The van der Waals surface area contributed by atoms with E-state index in [-0.39, 0.29) is 0 Å². The lowest BCUT2D eigenvalue weighted by Gasteiger charge is -2.24. The maximum atomic E-state index is 11.3. The number of rotatable bonds is 8. The van der Waals surface area contributed by atoms with Crippen molar-refractivity contribution in [2.24, 2.45) is 0 Å². The normalized spacial score (nSPS) is 12.6. The van der Waals surface area contributed by atoms with Gasteiger partial charge in [0.05, 0.1) is 26.1 Å². The van der Waals surface area contributed by atoms with Crippen molar-refractivity contribution in [3.8, 4) is 0 Å². The van der Waals surface area contributed by atoms with Crippen molar-refractivity contribution in [2.75, 3.05) is 21.3 Å². The Hall–Kier alpha value is -0.00312. The van der Waals surface area contributed by atoms with Crippen LogP contribution >= 0.6 is 21.2 Å². The Kier molecular flexibility index (Phi) is 7.08. The SMILES string of the molecule is CO[Si](CCCc1ccc(S(=O)(=O)I)cc1)(OC)OC. The summed E-state index contributed by atoms with van der Waals surface area (Å²) in [5.41, 5.74) is 1.08. The molecule has 0 aliphatic carbocycles. The predicted octanol–water partition coefficient (Wildman–Crippen LogP) is 2.62. The van der Waals surface area contributed by atoms with E-state index in [0.29, 0.717) is 4.90 Å². The Bertz CT molecular complexity index is 505. The fraction of sp³-hybridized carbons (Fsp3) is 0.500. The zero-order valence-electron chi connectivity index (χ0n) is 11.8. The highest BCUT2D eigenvalue weighted by Crippen LogP contribution is 2.20. The maximum Gasteiger partial charge on any atom is 0.500 e. The van der Waals surface area contributed by atoms with E-state index in [1.54, 1.807) is 33.5 Å². The lowest BCUT2D eigenvalue weighted by molar-refractivity contribution is 0.123. The van der Waals surface area contributed by atoms with Crippen LogP contribution in [0.1, 0.15) is 12.0 Å². The summed E-state index contributed by atoms with van der Waals surface area (Å²) in [4.78, 5) is 0.330. The number of halogens is 1. The fourth-order valence-electron chi connectivity index (χ4n) is 1.88. The standard InChI is InChI=1S/C12H19IO5SSi/c1-16-20(17-2,18-3)10-4-5-11-6-8-12(9-7-11)19(13,14)15/h6-9H,4-5,10H2,1-3H3. The van der Waals surface area contributed by atoms with Crippen molar-refractivity contribution in [3.63, 3.8) is 0 Å². The van der Waals surface area contributed by atoms with Crippen molar-refractivity contribution in [1.29, 1.82) is 0 Å². The smallest absolute Gasteiger partial charge is 0.377 e. The Balaban J connectivity index is 2.59. The average molecular weight is 430 g/mol. The molecular weight excluding hydrogens is 411 g/mol. The molecule has 0 saturated heterocycles. The molecule has 1 aromatic carbocycles. The highest BCUT2D eigenvalue weighted by atomic mass is 127. The average Bonchev–Trinajstić information content (AvgIpc) is 2.44. The van der Waals surface area contributed by atoms with Gasteiger partial charge in [0.2, 0.25) is 7.01 Å². The molecule has 0 bridgehead atoms. The van der Waals surface area contributed by atoms with Gasteiger partial charge >= 0.3 is 8.80 Å². The monoisotopic (exact) mass is 430 g/mol. The van der Waals surface area contributed by atoms with Gasteiger partial charge in [-0.2, -0.15) is 0 Å². The molecule has 0 unspecified atom stereocenters. The highest BCUT2D eigenvalue weighted by Gasteiger charge is 2.36. The number of hydrogen-bond donors (Lipinski definition) is 0. The molecule has 1 rings (SSSR count). The van der Waals surface area contributed by atoms with Crippen LogP contribution in [-0.2, 0) is 26.7 Å². The highest BCUT2D eigenvalue weighted by molar-refractivity contribution is 14.2. The Morgan fingerprint density at radius 1 is 1.05 bits per heavy atom. The molecule has 0 aromatic heterocycles. The lowest BCUT2D eigenvalue weighted by atomic mass is 10.1. The summed E-state index contributed by atoms with van der Waals surface area (Å²) in [7, 11) is -0.878. The van der Waals surface area contributed by atoms with Gasteiger partial charge in [0.25, 0.3) is 0 Å². The van der Waals surface area contributed by atoms with Crippen molar-refractivity contribution in [1.82, 2.24) is 0 Å². The van der Waals surface area contributed by atoms with E-state index in [2.05, 4.69) is 0 Å². The summed E-state index contributed by atoms with van der Waals surface area (Å²) in [5.74, 6) is 0. The van der Waals surface area contributed by atoms with E-state index >= 15 is 0 Å². The van der Waals surface area contributed by atoms with Crippen LogP contribution in [0, 0.1) is 0 Å². The van der Waals surface area contributed by atoms with Gasteiger partial charge < -0.3 is 13.3 Å². The topological polar surface area (TPSA) is 61.8 Å². The summed E-state index contributed by atoms with van der Waals surface area (Å²) in [5, 5.41) is 0. The van der Waals surface area contributed by atoms with Gasteiger partial charge in [-0.25, -0.2) is 8.42 Å². The van der Waals surface area contributed by atoms with Crippen LogP contribution < -0.4 is 0 Å². The zero-order chi connectivity index (χ0) is 15.2. The molecule has 0 heterocycles. The minimum Gasteiger partial charge on any atom is -0.377 e. The lowest BCUT2D eigenvalue weighted by Crippen LogP contribution is -2.42. The van der Waals surface area contributed by atoms with E-state index < -0.39 is 15.8 Å². The van der Waals surface area contributed by atoms with Crippen LogP contribution in [-0.4, -0.2) is 38.6 Å². The molecule has 114 valence electrons. The zero-order valence-corrected chi connectivity index (χ0v) is 15.7. The van der Waals surface area contributed by atoms with Crippen LogP contribution in [0.5, 0.6) is 0 Å². The number of hydrogen-bond acceptors (Lipinski definition) is 5. The van der Waals surface area contributed by atoms with Gasteiger partial charge in [-0.3, -0.25) is 0 Å². The molecule has 0 N–H and O–H groups in total. The van der Waals surface area contributed by atoms with E-state index in [9.17, 15) is 8.42 Å². The quantitative estimate of drug-likeness (QED) is 0.361. The first kappa shape index (κ1) is 18.0. The van der Waals surface area contributed by atoms with Gasteiger partial charge in [0.1, 0.15) is 0 Å². The van der Waals surface area contributed by atoms with Crippen molar-refractivity contribution >= 4 is 37.0 Å². The molecule has 1 aromatic rings. The number of benzene rings is 1. The molecule has 0 aliphatic heterocycles. The van der Waals surface area contributed by atoms with E-state index in [4.69, 9.17) is 13.3 Å². The first-order valence-corrected chi connectivity index (χ1v) is 12.0. The van der Waals surface area contributed by atoms with Crippen molar-refractivity contribution in [3.05, 3.63) is 29.8 Å². The third kappa shape index (κ3) is 5.08. The second-order valence-electron chi connectivity index (χ2n) is 4.23. The molecule has 5 nitrogen and oxygen atoms in total. The Morgan fingerprint density at radius 3 is 1.95 bits per heavy atom. The largest absolute Gasteiger partial charge is 0.500 e. The summed E-state index contributed by atoms with van der Waals surface area (Å²) < 4.78 is 38.8. The van der Waals surface area contributed by atoms with Crippen LogP contribution in [0.4, 0.5) is 0 Å². The molecule has 0 atom stereocenters. The van der Waals surface area contributed by atoms with Crippen molar-refractivity contribution in [2.45, 2.75) is 23.8 Å². The Morgan fingerprint density at radius 2 is 1.55 bits per heavy atom. The summed E-state index contributed by atoms with van der Waals surface area (Å²) in [6.45, 7) is 0. The molecule has 8 heteroatoms. The molecule has 0 saturated carbocycles. The summed E-state index contributed by atoms with van der Waals surface area (Å²) in [6.07, 6.45) is 1.68. The first-order chi connectivity index (χ1) is 9.37. The van der Waals surface area contributed by atoms with E-state index in [0.717, 1.165) is 24.4 Å². The van der Waals surface area contributed by atoms with Crippen LogP contribution in [0.3, 0.4) is 0 Å². The van der Waals surface area contributed by atoms with Crippen LogP contribution in [0.2, 0.25) is 6.04 Å². The first-order valence-electron chi connectivity index (χ1n) is 6.06. The van der Waals surface area contributed by atoms with Gasteiger partial charge in [-0.15, -0.1) is 0 Å². The second-order valence-corrected chi connectivity index (χ2v) is 12.1. The molecule has 0 amide bonds.